The molecule has 0 unspecified atom stereocenters. The van der Waals surface area contributed by atoms with Crippen molar-refractivity contribution >= 4 is 35.0 Å². The normalized spacial score (nSPS) is 16.8. The Bertz CT molecular complexity index is 555. The van der Waals surface area contributed by atoms with Gasteiger partial charge in [-0.15, -0.1) is 0 Å². The van der Waals surface area contributed by atoms with E-state index in [0.717, 1.165) is 0 Å². The number of rotatable bonds is 2. The molecule has 2 N–H and O–H groups in total. The van der Waals surface area contributed by atoms with E-state index in [1.807, 2.05) is 0 Å². The first-order chi connectivity index (χ1) is 9.90. The lowest BCUT2D eigenvalue weighted by molar-refractivity contribution is -0.133. The van der Waals surface area contributed by atoms with Gasteiger partial charge in [-0.1, -0.05) is 23.2 Å². The van der Waals surface area contributed by atoms with Gasteiger partial charge in [0.25, 0.3) is 5.91 Å². The van der Waals surface area contributed by atoms with Crippen LogP contribution in [0.15, 0.2) is 18.2 Å². The lowest BCUT2D eigenvalue weighted by Gasteiger charge is -2.35. The van der Waals surface area contributed by atoms with Gasteiger partial charge in [-0.05, 0) is 25.1 Å². The maximum Gasteiger partial charge on any atom is 0.255 e. The maximum absolute atomic E-state index is 12.4. The summed E-state index contributed by atoms with van der Waals surface area (Å²) >= 11 is 11.9. The Labute approximate surface area is 133 Å². The van der Waals surface area contributed by atoms with Crippen molar-refractivity contribution < 1.29 is 9.59 Å². The van der Waals surface area contributed by atoms with E-state index in [1.165, 1.54) is 0 Å². The minimum Gasteiger partial charge on any atom is -0.338 e. The summed E-state index contributed by atoms with van der Waals surface area (Å²) in [5, 5.41) is 0.825. The van der Waals surface area contributed by atoms with Crippen LogP contribution in [-0.2, 0) is 4.79 Å². The van der Waals surface area contributed by atoms with Crippen molar-refractivity contribution in [3.05, 3.63) is 33.8 Å². The third-order valence-corrected chi connectivity index (χ3v) is 3.98. The SMILES string of the molecule is C[C@H](N)C(=O)N1CCN(C(=O)c2ccc(Cl)cc2Cl)CC1. The van der Waals surface area contributed by atoms with Gasteiger partial charge in [0.1, 0.15) is 0 Å². The van der Waals surface area contributed by atoms with Crippen LogP contribution in [-0.4, -0.2) is 53.8 Å². The van der Waals surface area contributed by atoms with E-state index in [0.29, 0.717) is 41.8 Å². The molecule has 2 amide bonds. The molecule has 1 aromatic carbocycles. The van der Waals surface area contributed by atoms with Gasteiger partial charge in [0.15, 0.2) is 0 Å². The fourth-order valence-electron chi connectivity index (χ4n) is 2.25. The van der Waals surface area contributed by atoms with E-state index >= 15 is 0 Å². The standard InChI is InChI=1S/C14H17Cl2N3O2/c1-9(17)13(20)18-4-6-19(7-5-18)14(21)11-3-2-10(15)8-12(11)16/h2-3,8-9H,4-7,17H2,1H3/t9-/m0/s1. The molecule has 1 fully saturated rings. The Hall–Kier alpha value is -1.30. The Morgan fingerprint density at radius 1 is 1.14 bits per heavy atom. The summed E-state index contributed by atoms with van der Waals surface area (Å²) in [6, 6.07) is 4.29. The van der Waals surface area contributed by atoms with Crippen LogP contribution >= 0.6 is 23.2 Å². The molecule has 0 spiro atoms. The highest BCUT2D eigenvalue weighted by Gasteiger charge is 2.26. The van der Waals surface area contributed by atoms with Crippen molar-refractivity contribution in [1.82, 2.24) is 9.80 Å². The smallest absolute Gasteiger partial charge is 0.255 e. The summed E-state index contributed by atoms with van der Waals surface area (Å²) in [4.78, 5) is 27.6. The van der Waals surface area contributed by atoms with Gasteiger partial charge in [0.05, 0.1) is 16.6 Å². The number of nitrogens with two attached hydrogens (primary N) is 1. The topological polar surface area (TPSA) is 66.6 Å². The summed E-state index contributed by atoms with van der Waals surface area (Å²) in [7, 11) is 0. The fourth-order valence-corrected chi connectivity index (χ4v) is 2.74. The van der Waals surface area contributed by atoms with Gasteiger partial charge < -0.3 is 15.5 Å². The van der Waals surface area contributed by atoms with E-state index in [2.05, 4.69) is 0 Å². The number of hydrogen-bond acceptors (Lipinski definition) is 3. The van der Waals surface area contributed by atoms with Gasteiger partial charge in [-0.2, -0.15) is 0 Å². The molecule has 0 radical (unpaired) electrons. The second-order valence-corrected chi connectivity index (χ2v) is 5.87. The zero-order valence-electron chi connectivity index (χ0n) is 11.7. The molecule has 1 saturated heterocycles. The molecule has 7 heteroatoms. The maximum atomic E-state index is 12.4. The number of nitrogens with zero attached hydrogens (tertiary/aromatic N) is 2. The molecule has 0 aliphatic carbocycles. The molecule has 1 atom stereocenters. The van der Waals surface area contributed by atoms with Crippen molar-refractivity contribution in [3.8, 4) is 0 Å². The molecule has 1 heterocycles. The lowest BCUT2D eigenvalue weighted by Crippen LogP contribution is -2.53. The predicted molar refractivity (Wildman–Crippen MR) is 82.6 cm³/mol. The summed E-state index contributed by atoms with van der Waals surface area (Å²) in [6.45, 7) is 3.56. The molecular weight excluding hydrogens is 313 g/mol. The molecular formula is C14H17Cl2N3O2. The molecule has 1 aliphatic rings. The van der Waals surface area contributed by atoms with Gasteiger partial charge in [0, 0.05) is 31.2 Å². The Balaban J connectivity index is 2.02. The van der Waals surface area contributed by atoms with Crippen LogP contribution in [0.5, 0.6) is 0 Å². The zero-order valence-corrected chi connectivity index (χ0v) is 13.2. The van der Waals surface area contributed by atoms with Gasteiger partial charge in [-0.25, -0.2) is 0 Å². The molecule has 1 aromatic rings. The molecule has 114 valence electrons. The Morgan fingerprint density at radius 3 is 2.24 bits per heavy atom. The van der Waals surface area contributed by atoms with Crippen LogP contribution in [0.4, 0.5) is 0 Å². The minimum atomic E-state index is -0.516. The number of amides is 2. The van der Waals surface area contributed by atoms with Crippen LogP contribution in [0.1, 0.15) is 17.3 Å². The monoisotopic (exact) mass is 329 g/mol. The van der Waals surface area contributed by atoms with E-state index < -0.39 is 6.04 Å². The van der Waals surface area contributed by atoms with E-state index in [9.17, 15) is 9.59 Å². The van der Waals surface area contributed by atoms with Crippen molar-refractivity contribution in [2.75, 3.05) is 26.2 Å². The number of carbonyl (C=O) groups is 2. The summed E-state index contributed by atoms with van der Waals surface area (Å²) in [5.41, 5.74) is 6.01. The third kappa shape index (κ3) is 3.67. The Kier molecular flexibility index (Phi) is 5.08. The number of halogens is 2. The third-order valence-electron chi connectivity index (χ3n) is 3.43. The van der Waals surface area contributed by atoms with Crippen LogP contribution in [0, 0.1) is 0 Å². The average Bonchev–Trinajstić information content (AvgIpc) is 2.46. The number of hydrogen-bond donors (Lipinski definition) is 1. The lowest BCUT2D eigenvalue weighted by atomic mass is 10.1. The first-order valence-electron chi connectivity index (χ1n) is 6.69. The average molecular weight is 330 g/mol. The number of carbonyl (C=O) groups excluding carboxylic acids is 2. The molecule has 5 nitrogen and oxygen atoms in total. The molecule has 0 aromatic heterocycles. The highest BCUT2D eigenvalue weighted by molar-refractivity contribution is 6.36. The van der Waals surface area contributed by atoms with Crippen LogP contribution in [0.25, 0.3) is 0 Å². The van der Waals surface area contributed by atoms with Crippen LogP contribution in [0.2, 0.25) is 10.0 Å². The summed E-state index contributed by atoms with van der Waals surface area (Å²) in [6.07, 6.45) is 0. The minimum absolute atomic E-state index is 0.0911. The summed E-state index contributed by atoms with van der Waals surface area (Å²) in [5.74, 6) is -0.240. The van der Waals surface area contributed by atoms with Crippen LogP contribution < -0.4 is 5.73 Å². The van der Waals surface area contributed by atoms with E-state index in [4.69, 9.17) is 28.9 Å². The molecule has 2 rings (SSSR count). The van der Waals surface area contributed by atoms with Gasteiger partial charge in [-0.3, -0.25) is 9.59 Å². The second-order valence-electron chi connectivity index (χ2n) is 5.03. The molecule has 1 aliphatic heterocycles. The van der Waals surface area contributed by atoms with Crippen molar-refractivity contribution in [1.29, 1.82) is 0 Å². The molecule has 0 bridgehead atoms. The largest absolute Gasteiger partial charge is 0.338 e. The fraction of sp³-hybridized carbons (Fsp3) is 0.429. The van der Waals surface area contributed by atoms with Crippen molar-refractivity contribution in [2.24, 2.45) is 5.73 Å². The van der Waals surface area contributed by atoms with Crippen molar-refractivity contribution in [3.63, 3.8) is 0 Å². The molecule has 0 saturated carbocycles. The first kappa shape index (κ1) is 16.1. The summed E-state index contributed by atoms with van der Waals surface area (Å²) < 4.78 is 0. The highest BCUT2D eigenvalue weighted by atomic mass is 35.5. The van der Waals surface area contributed by atoms with Gasteiger partial charge >= 0.3 is 0 Å². The molecule has 21 heavy (non-hydrogen) atoms. The van der Waals surface area contributed by atoms with E-state index in [1.54, 1.807) is 34.9 Å². The predicted octanol–water partition coefficient (Wildman–Crippen LogP) is 1.63. The number of piperazine rings is 1. The number of benzene rings is 1. The van der Waals surface area contributed by atoms with E-state index in [-0.39, 0.29) is 11.8 Å². The highest BCUT2D eigenvalue weighted by Crippen LogP contribution is 2.22. The Morgan fingerprint density at radius 2 is 1.71 bits per heavy atom. The van der Waals surface area contributed by atoms with Crippen molar-refractivity contribution in [2.45, 2.75) is 13.0 Å². The van der Waals surface area contributed by atoms with Crippen LogP contribution in [0.3, 0.4) is 0 Å². The quantitative estimate of drug-likeness (QED) is 0.896. The van der Waals surface area contributed by atoms with Gasteiger partial charge in [0.2, 0.25) is 5.91 Å². The zero-order chi connectivity index (χ0) is 15.6. The second kappa shape index (κ2) is 6.64. The first-order valence-corrected chi connectivity index (χ1v) is 7.44.